The average Bonchev–Trinajstić information content (AvgIpc) is 2.70. The highest BCUT2D eigenvalue weighted by Gasteiger charge is 2.11. The molecule has 27 heavy (non-hydrogen) atoms. The molecule has 0 unspecified atom stereocenters. The number of nitriles is 1. The Bertz CT molecular complexity index is 982. The van der Waals surface area contributed by atoms with Crippen LogP contribution in [0.25, 0.3) is 0 Å². The monoisotopic (exact) mass is 360 g/mol. The molecular weight excluding hydrogens is 344 g/mol. The molecule has 0 atom stereocenters. The van der Waals surface area contributed by atoms with Crippen LogP contribution in [0.3, 0.4) is 0 Å². The van der Waals surface area contributed by atoms with Crippen LogP contribution in [0.4, 0.5) is 17.3 Å². The summed E-state index contributed by atoms with van der Waals surface area (Å²) < 4.78 is 5.48. The molecule has 2 N–H and O–H groups in total. The molecule has 0 bridgehead atoms. The van der Waals surface area contributed by atoms with Crippen LogP contribution in [-0.2, 0) is 0 Å². The minimum absolute atomic E-state index is 0.317. The van der Waals surface area contributed by atoms with Crippen LogP contribution in [0.15, 0.2) is 55.1 Å². The maximum atomic E-state index is 12.6. The molecule has 0 fully saturated rings. The maximum absolute atomic E-state index is 12.6. The Morgan fingerprint density at radius 3 is 2.78 bits per heavy atom. The SMILES string of the molecule is CCOc1ccncc1NC(=O)c1ccnc(Nc2ccc(C#N)cn2)c1. The van der Waals surface area contributed by atoms with Crippen molar-refractivity contribution < 1.29 is 9.53 Å². The van der Waals surface area contributed by atoms with Crippen LogP contribution in [0.2, 0.25) is 0 Å². The summed E-state index contributed by atoms with van der Waals surface area (Å²) in [5.74, 6) is 1.21. The van der Waals surface area contributed by atoms with E-state index in [9.17, 15) is 4.79 Å². The summed E-state index contributed by atoms with van der Waals surface area (Å²) in [5.41, 5.74) is 1.36. The molecule has 0 saturated heterocycles. The highest BCUT2D eigenvalue weighted by molar-refractivity contribution is 6.05. The zero-order valence-corrected chi connectivity index (χ0v) is 14.5. The second-order valence-corrected chi connectivity index (χ2v) is 5.36. The van der Waals surface area contributed by atoms with Crippen molar-refractivity contribution >= 4 is 23.2 Å². The second-order valence-electron chi connectivity index (χ2n) is 5.36. The minimum atomic E-state index is -0.317. The van der Waals surface area contributed by atoms with E-state index in [0.717, 1.165) is 0 Å². The Balaban J connectivity index is 1.74. The molecule has 8 nitrogen and oxygen atoms in total. The Morgan fingerprint density at radius 1 is 1.15 bits per heavy atom. The fourth-order valence-electron chi connectivity index (χ4n) is 2.26. The number of ether oxygens (including phenoxy) is 1. The zero-order chi connectivity index (χ0) is 19.1. The van der Waals surface area contributed by atoms with Gasteiger partial charge in [0.1, 0.15) is 29.1 Å². The molecule has 0 aliphatic carbocycles. The van der Waals surface area contributed by atoms with Gasteiger partial charge in [-0.05, 0) is 31.2 Å². The number of carbonyl (C=O) groups is 1. The van der Waals surface area contributed by atoms with Crippen molar-refractivity contribution in [2.45, 2.75) is 6.92 Å². The van der Waals surface area contributed by atoms with E-state index in [1.165, 1.54) is 18.6 Å². The molecular formula is C19H16N6O2. The van der Waals surface area contributed by atoms with Crippen LogP contribution in [0, 0.1) is 11.3 Å². The summed E-state index contributed by atoms with van der Waals surface area (Å²) >= 11 is 0. The lowest BCUT2D eigenvalue weighted by Gasteiger charge is -2.11. The maximum Gasteiger partial charge on any atom is 0.255 e. The summed E-state index contributed by atoms with van der Waals surface area (Å²) in [6.45, 7) is 2.35. The van der Waals surface area contributed by atoms with Crippen molar-refractivity contribution in [1.29, 1.82) is 5.26 Å². The molecule has 134 valence electrons. The average molecular weight is 360 g/mol. The van der Waals surface area contributed by atoms with Gasteiger partial charge in [0.2, 0.25) is 0 Å². The Morgan fingerprint density at radius 2 is 2.04 bits per heavy atom. The molecule has 3 aromatic rings. The van der Waals surface area contributed by atoms with Crippen molar-refractivity contribution in [3.05, 3.63) is 66.2 Å². The van der Waals surface area contributed by atoms with Gasteiger partial charge in [0.15, 0.2) is 0 Å². The first kappa shape index (κ1) is 17.8. The van der Waals surface area contributed by atoms with E-state index in [0.29, 0.717) is 40.8 Å². The summed E-state index contributed by atoms with van der Waals surface area (Å²) in [7, 11) is 0. The van der Waals surface area contributed by atoms with Crippen LogP contribution in [0.5, 0.6) is 5.75 Å². The Labute approximate surface area is 155 Å². The first-order valence-electron chi connectivity index (χ1n) is 8.17. The van der Waals surface area contributed by atoms with Crippen molar-refractivity contribution in [1.82, 2.24) is 15.0 Å². The molecule has 0 aromatic carbocycles. The Hall–Kier alpha value is -3.99. The molecule has 0 saturated carbocycles. The van der Waals surface area contributed by atoms with E-state index in [1.807, 2.05) is 13.0 Å². The number of hydrogen-bond donors (Lipinski definition) is 2. The molecule has 3 aromatic heterocycles. The quantitative estimate of drug-likeness (QED) is 0.694. The second kappa shape index (κ2) is 8.40. The van der Waals surface area contributed by atoms with Gasteiger partial charge in [-0.2, -0.15) is 5.26 Å². The van der Waals surface area contributed by atoms with Gasteiger partial charge >= 0.3 is 0 Å². The van der Waals surface area contributed by atoms with Crippen molar-refractivity contribution in [3.8, 4) is 11.8 Å². The zero-order valence-electron chi connectivity index (χ0n) is 14.5. The van der Waals surface area contributed by atoms with Crippen molar-refractivity contribution in [3.63, 3.8) is 0 Å². The van der Waals surface area contributed by atoms with Gasteiger partial charge in [-0.3, -0.25) is 9.78 Å². The van der Waals surface area contributed by atoms with Gasteiger partial charge in [0.25, 0.3) is 5.91 Å². The summed E-state index contributed by atoms with van der Waals surface area (Å²) in [4.78, 5) is 24.9. The molecule has 0 spiro atoms. The number of pyridine rings is 3. The molecule has 3 heterocycles. The van der Waals surface area contributed by atoms with E-state index in [2.05, 4.69) is 25.6 Å². The number of rotatable bonds is 6. The van der Waals surface area contributed by atoms with Crippen LogP contribution in [0.1, 0.15) is 22.8 Å². The standard InChI is InChI=1S/C19H16N6O2/c1-2-27-16-6-7-21-12-15(16)24-19(26)14-5-8-22-18(9-14)25-17-4-3-13(10-20)11-23-17/h3-9,11-12H,2H2,1H3,(H,24,26)(H,22,23,25). The van der Waals surface area contributed by atoms with Crippen LogP contribution >= 0.6 is 0 Å². The third kappa shape index (κ3) is 4.55. The number of carbonyl (C=O) groups excluding carboxylic acids is 1. The molecule has 8 heteroatoms. The number of anilines is 3. The van der Waals surface area contributed by atoms with Gasteiger partial charge < -0.3 is 15.4 Å². The first-order valence-corrected chi connectivity index (χ1v) is 8.17. The lowest BCUT2D eigenvalue weighted by molar-refractivity contribution is 0.102. The molecule has 1 amide bonds. The van der Waals surface area contributed by atoms with Gasteiger partial charge in [-0.25, -0.2) is 9.97 Å². The van der Waals surface area contributed by atoms with Gasteiger partial charge in [-0.15, -0.1) is 0 Å². The number of aromatic nitrogens is 3. The smallest absolute Gasteiger partial charge is 0.255 e. The fraction of sp³-hybridized carbons (Fsp3) is 0.105. The third-order valence-electron chi connectivity index (χ3n) is 3.50. The molecule has 0 aliphatic heterocycles. The van der Waals surface area contributed by atoms with E-state index in [-0.39, 0.29) is 5.91 Å². The van der Waals surface area contributed by atoms with E-state index >= 15 is 0 Å². The first-order chi connectivity index (χ1) is 13.2. The summed E-state index contributed by atoms with van der Waals surface area (Å²) in [5, 5.41) is 14.6. The normalized spacial score (nSPS) is 9.93. The van der Waals surface area contributed by atoms with E-state index < -0.39 is 0 Å². The summed E-state index contributed by atoms with van der Waals surface area (Å²) in [6, 6.07) is 10.2. The highest BCUT2D eigenvalue weighted by atomic mass is 16.5. The van der Waals surface area contributed by atoms with Crippen molar-refractivity contribution in [2.24, 2.45) is 0 Å². The number of amides is 1. The van der Waals surface area contributed by atoms with E-state index in [1.54, 1.807) is 36.5 Å². The number of nitrogens with zero attached hydrogens (tertiary/aromatic N) is 4. The fourth-order valence-corrected chi connectivity index (χ4v) is 2.26. The summed E-state index contributed by atoms with van der Waals surface area (Å²) in [6.07, 6.45) is 6.10. The van der Waals surface area contributed by atoms with Crippen LogP contribution < -0.4 is 15.4 Å². The Kier molecular flexibility index (Phi) is 5.54. The topological polar surface area (TPSA) is 113 Å². The van der Waals surface area contributed by atoms with Gasteiger partial charge in [0.05, 0.1) is 18.4 Å². The predicted octanol–water partition coefficient (Wildman–Crippen LogP) is 3.14. The lowest BCUT2D eigenvalue weighted by atomic mass is 10.2. The number of nitrogens with one attached hydrogen (secondary N) is 2. The molecule has 0 radical (unpaired) electrons. The van der Waals surface area contributed by atoms with E-state index in [4.69, 9.17) is 10.00 Å². The highest BCUT2D eigenvalue weighted by Crippen LogP contribution is 2.23. The number of hydrogen-bond acceptors (Lipinski definition) is 7. The van der Waals surface area contributed by atoms with Gasteiger partial charge in [0, 0.05) is 30.2 Å². The largest absolute Gasteiger partial charge is 0.492 e. The van der Waals surface area contributed by atoms with Crippen molar-refractivity contribution in [2.75, 3.05) is 17.2 Å². The predicted molar refractivity (Wildman–Crippen MR) is 99.8 cm³/mol. The minimum Gasteiger partial charge on any atom is -0.492 e. The lowest BCUT2D eigenvalue weighted by Crippen LogP contribution is -2.13. The molecule has 3 rings (SSSR count). The third-order valence-corrected chi connectivity index (χ3v) is 3.50. The van der Waals surface area contributed by atoms with Gasteiger partial charge in [-0.1, -0.05) is 0 Å². The molecule has 0 aliphatic rings. The van der Waals surface area contributed by atoms with Crippen LogP contribution in [-0.4, -0.2) is 27.5 Å².